The minimum Gasteiger partial charge on any atom is -1.00 e. The molecule has 4 nitrogen and oxygen atoms in total. The second-order valence-electron chi connectivity index (χ2n) is 0.860. The molecule has 0 spiro atoms. The van der Waals surface area contributed by atoms with Crippen molar-refractivity contribution in [2.75, 3.05) is 0 Å². The van der Waals surface area contributed by atoms with Crippen LogP contribution < -0.4 is 51.4 Å². The summed E-state index contributed by atoms with van der Waals surface area (Å²) in [7, 11) is 0. The Morgan fingerprint density at radius 1 is 1.62 bits per heavy atom. The van der Waals surface area contributed by atoms with E-state index in [9.17, 15) is 9.59 Å². The smallest absolute Gasteiger partial charge is 1.00 e. The van der Waals surface area contributed by atoms with Crippen molar-refractivity contribution in [3.8, 4) is 0 Å². The fourth-order valence-corrected chi connectivity index (χ4v) is 0.123. The average Bonchev–Trinajstić information content (AvgIpc) is 1.27. The van der Waals surface area contributed by atoms with Crippen LogP contribution in [-0.4, -0.2) is 17.2 Å². The monoisotopic (exact) mass is 144 g/mol. The third kappa shape index (κ3) is 9.76. The van der Waals surface area contributed by atoms with Crippen LogP contribution in [0.1, 0.15) is 8.35 Å². The summed E-state index contributed by atoms with van der Waals surface area (Å²) >= 11 is 0. The molecule has 0 heterocycles. The SMILES string of the molecule is CC(=O)OC(=O)O.[H-].[K+]. The van der Waals surface area contributed by atoms with Gasteiger partial charge in [0.15, 0.2) is 0 Å². The summed E-state index contributed by atoms with van der Waals surface area (Å²) in [6.45, 7) is 1.02. The zero-order valence-electron chi connectivity index (χ0n) is 5.67. The molecule has 0 radical (unpaired) electrons. The number of hydrogen-bond donors (Lipinski definition) is 1. The number of hydrogen-bond acceptors (Lipinski definition) is 3. The van der Waals surface area contributed by atoms with E-state index in [0.29, 0.717) is 0 Å². The molecular weight excluding hydrogens is 139 g/mol. The van der Waals surface area contributed by atoms with Crippen LogP contribution in [0.15, 0.2) is 0 Å². The van der Waals surface area contributed by atoms with Crippen molar-refractivity contribution in [3.63, 3.8) is 0 Å². The van der Waals surface area contributed by atoms with Crippen LogP contribution >= 0.6 is 0 Å². The second kappa shape index (κ2) is 5.71. The maximum atomic E-state index is 9.65. The standard InChI is InChI=1S/C3H4O4.K.H/c1-2(4)7-3(5)6;;/h1H3,(H,5,6);;/q;+1;-1. The molecule has 5 heteroatoms. The van der Waals surface area contributed by atoms with Gasteiger partial charge in [0.1, 0.15) is 0 Å². The van der Waals surface area contributed by atoms with E-state index >= 15 is 0 Å². The van der Waals surface area contributed by atoms with Gasteiger partial charge in [0.2, 0.25) is 0 Å². The predicted molar refractivity (Wildman–Crippen MR) is 20.9 cm³/mol. The van der Waals surface area contributed by atoms with Crippen molar-refractivity contribution in [1.82, 2.24) is 0 Å². The van der Waals surface area contributed by atoms with Crippen molar-refractivity contribution in [1.29, 1.82) is 0 Å². The molecule has 0 fully saturated rings. The van der Waals surface area contributed by atoms with Crippen LogP contribution in [0.4, 0.5) is 4.79 Å². The quantitative estimate of drug-likeness (QED) is 0.229. The van der Waals surface area contributed by atoms with Crippen molar-refractivity contribution in [3.05, 3.63) is 0 Å². The van der Waals surface area contributed by atoms with Gasteiger partial charge in [-0.15, -0.1) is 0 Å². The maximum Gasteiger partial charge on any atom is 1.00 e. The molecule has 42 valence electrons. The molecule has 0 aliphatic carbocycles. The summed E-state index contributed by atoms with van der Waals surface area (Å²) in [5, 5.41) is 7.64. The zero-order chi connectivity index (χ0) is 5.86. The van der Waals surface area contributed by atoms with Gasteiger partial charge in [-0.05, 0) is 0 Å². The first-order chi connectivity index (χ1) is 3.13. The first kappa shape index (κ1) is 11.4. The third-order valence-corrected chi connectivity index (χ3v) is 0.231. The zero-order valence-corrected chi connectivity index (χ0v) is 7.80. The van der Waals surface area contributed by atoms with E-state index in [2.05, 4.69) is 4.74 Å². The van der Waals surface area contributed by atoms with Gasteiger partial charge in [-0.1, -0.05) is 0 Å². The van der Waals surface area contributed by atoms with E-state index in [1.54, 1.807) is 0 Å². The summed E-state index contributed by atoms with van der Waals surface area (Å²) in [6.07, 6.45) is -1.56. The number of carbonyl (C=O) groups excluding carboxylic acids is 1. The Bertz CT molecular complexity index is 92.0. The molecular formula is C3H5KO4. The molecule has 0 aliphatic heterocycles. The van der Waals surface area contributed by atoms with E-state index in [1.165, 1.54) is 0 Å². The van der Waals surface area contributed by atoms with E-state index in [-0.39, 0.29) is 52.8 Å². The minimum atomic E-state index is -1.56. The van der Waals surface area contributed by atoms with Gasteiger partial charge in [-0.25, -0.2) is 4.79 Å². The topological polar surface area (TPSA) is 63.6 Å². The van der Waals surface area contributed by atoms with E-state index in [1.807, 2.05) is 0 Å². The maximum absolute atomic E-state index is 9.65. The summed E-state index contributed by atoms with van der Waals surface area (Å²) in [4.78, 5) is 19.0. The number of esters is 1. The van der Waals surface area contributed by atoms with E-state index in [4.69, 9.17) is 5.11 Å². The van der Waals surface area contributed by atoms with Gasteiger partial charge in [-0.3, -0.25) is 4.79 Å². The van der Waals surface area contributed by atoms with Crippen LogP contribution in [-0.2, 0) is 9.53 Å². The van der Waals surface area contributed by atoms with Gasteiger partial charge in [0.25, 0.3) is 0 Å². The third-order valence-electron chi connectivity index (χ3n) is 0.231. The van der Waals surface area contributed by atoms with Crippen molar-refractivity contribution in [2.45, 2.75) is 6.92 Å². The van der Waals surface area contributed by atoms with Gasteiger partial charge >= 0.3 is 63.5 Å². The Morgan fingerprint density at radius 2 is 2.00 bits per heavy atom. The number of carboxylic acid groups (broad SMARTS) is 1. The molecule has 0 aromatic rings. The molecule has 0 aromatic heterocycles. The summed E-state index contributed by atoms with van der Waals surface area (Å²) in [6, 6.07) is 0. The van der Waals surface area contributed by atoms with Crippen LogP contribution in [0, 0.1) is 0 Å². The summed E-state index contributed by atoms with van der Waals surface area (Å²) in [5.41, 5.74) is 0. The van der Waals surface area contributed by atoms with Gasteiger partial charge < -0.3 is 11.3 Å². The Labute approximate surface area is 90.1 Å². The summed E-state index contributed by atoms with van der Waals surface area (Å²) < 4.78 is 3.53. The molecule has 8 heavy (non-hydrogen) atoms. The first-order valence-electron chi connectivity index (χ1n) is 1.54. The number of rotatable bonds is 0. The molecule has 0 aromatic carbocycles. The van der Waals surface area contributed by atoms with Gasteiger partial charge in [-0.2, -0.15) is 0 Å². The summed E-state index contributed by atoms with van der Waals surface area (Å²) in [5.74, 6) is -0.812. The van der Waals surface area contributed by atoms with Crippen LogP contribution in [0.3, 0.4) is 0 Å². The average molecular weight is 144 g/mol. The van der Waals surface area contributed by atoms with Gasteiger partial charge in [0.05, 0.1) is 0 Å². The largest absolute Gasteiger partial charge is 1.00 e. The molecule has 0 rings (SSSR count). The molecule has 0 bridgehead atoms. The number of carbonyl (C=O) groups is 2. The predicted octanol–water partition coefficient (Wildman–Crippen LogP) is -2.66. The Balaban J connectivity index is -0.000000180. The molecule has 1 N–H and O–H groups in total. The molecule has 0 saturated carbocycles. The molecule has 0 aliphatic rings. The Kier molecular flexibility index (Phi) is 8.12. The van der Waals surface area contributed by atoms with E-state index in [0.717, 1.165) is 6.92 Å². The van der Waals surface area contributed by atoms with E-state index < -0.39 is 12.1 Å². The molecule has 0 saturated heterocycles. The van der Waals surface area contributed by atoms with Crippen LogP contribution in [0.5, 0.6) is 0 Å². The van der Waals surface area contributed by atoms with Crippen LogP contribution in [0.25, 0.3) is 0 Å². The fourth-order valence-electron chi connectivity index (χ4n) is 0.123. The van der Waals surface area contributed by atoms with Crippen LogP contribution in [0.2, 0.25) is 0 Å². The Morgan fingerprint density at radius 3 is 2.00 bits per heavy atom. The molecule has 0 amide bonds. The van der Waals surface area contributed by atoms with Crippen molar-refractivity contribution >= 4 is 12.1 Å². The number of ether oxygens (including phenoxy) is 1. The second-order valence-corrected chi connectivity index (χ2v) is 0.860. The minimum absolute atomic E-state index is 0. The first-order valence-corrected chi connectivity index (χ1v) is 1.54. The van der Waals surface area contributed by atoms with Gasteiger partial charge in [0, 0.05) is 6.92 Å². The molecule has 0 unspecified atom stereocenters. The Hall–Kier alpha value is 0.576. The van der Waals surface area contributed by atoms with Crippen molar-refractivity contribution < 1.29 is 72.2 Å². The normalized spacial score (nSPS) is 6.62. The fraction of sp³-hybridized carbons (Fsp3) is 0.333. The molecule has 0 atom stereocenters. The van der Waals surface area contributed by atoms with Crippen molar-refractivity contribution in [2.24, 2.45) is 0 Å².